The number of aryl methyl sites for hydroxylation is 1. The number of hydrogen-bond donors (Lipinski definition) is 1. The van der Waals surface area contributed by atoms with Gasteiger partial charge in [0.05, 0.1) is 0 Å². The van der Waals surface area contributed by atoms with Gasteiger partial charge in [-0.15, -0.1) is 0 Å². The molecule has 0 bridgehead atoms. The molecule has 2 atom stereocenters. The first-order valence-corrected chi connectivity index (χ1v) is 9.05. The Hall–Kier alpha value is -1.90. The topological polar surface area (TPSA) is 54.4 Å². The molecule has 0 spiro atoms. The number of unbranched alkanes of at least 4 members (excludes halogenated alkanes) is 3. The van der Waals surface area contributed by atoms with Crippen molar-refractivity contribution in [2.75, 3.05) is 0 Å². The Bertz CT molecular complexity index is 571. The van der Waals surface area contributed by atoms with Gasteiger partial charge < -0.3 is 5.11 Å². The van der Waals surface area contributed by atoms with Crippen molar-refractivity contribution in [1.82, 2.24) is 0 Å². The molecule has 0 amide bonds. The van der Waals surface area contributed by atoms with E-state index < -0.39 is 5.97 Å². The molecule has 3 nitrogen and oxygen atoms in total. The van der Waals surface area contributed by atoms with Crippen LogP contribution in [0.3, 0.4) is 0 Å². The minimum absolute atomic E-state index is 0.158. The Labute approximate surface area is 144 Å². The van der Waals surface area contributed by atoms with Gasteiger partial charge >= 0.3 is 5.97 Å². The van der Waals surface area contributed by atoms with Crippen LogP contribution in [0.15, 0.2) is 30.3 Å². The number of rotatable bonds is 9. The Morgan fingerprint density at radius 3 is 2.58 bits per heavy atom. The predicted molar refractivity (Wildman–Crippen MR) is 96.8 cm³/mol. The number of allylic oxidation sites excluding steroid dienone is 1. The van der Waals surface area contributed by atoms with E-state index in [-0.39, 0.29) is 12.3 Å². The van der Waals surface area contributed by atoms with Crippen LogP contribution in [-0.4, -0.2) is 16.9 Å². The van der Waals surface area contributed by atoms with E-state index in [4.69, 9.17) is 5.11 Å². The highest BCUT2D eigenvalue weighted by molar-refractivity contribution is 5.83. The van der Waals surface area contributed by atoms with Crippen molar-refractivity contribution in [3.63, 3.8) is 0 Å². The average Bonchev–Trinajstić information content (AvgIpc) is 2.90. The molecule has 0 heterocycles. The van der Waals surface area contributed by atoms with Crippen LogP contribution in [-0.2, 0) is 9.59 Å². The van der Waals surface area contributed by atoms with Crippen LogP contribution in [0.25, 0.3) is 6.08 Å². The summed E-state index contributed by atoms with van der Waals surface area (Å²) in [6, 6.07) is 8.43. The third-order valence-electron chi connectivity index (χ3n) is 4.92. The first kappa shape index (κ1) is 18.4. The number of aliphatic carboxylic acids is 1. The molecule has 0 radical (unpaired) electrons. The fraction of sp³-hybridized carbons (Fsp3) is 0.524. The van der Waals surface area contributed by atoms with E-state index in [1.165, 1.54) is 11.1 Å². The second-order valence-corrected chi connectivity index (χ2v) is 6.89. The zero-order chi connectivity index (χ0) is 17.4. The van der Waals surface area contributed by atoms with Gasteiger partial charge in [0, 0.05) is 18.8 Å². The molecule has 3 heteroatoms. The van der Waals surface area contributed by atoms with E-state index >= 15 is 0 Å². The van der Waals surface area contributed by atoms with E-state index in [2.05, 4.69) is 43.3 Å². The van der Waals surface area contributed by atoms with Crippen molar-refractivity contribution >= 4 is 17.8 Å². The average molecular weight is 328 g/mol. The molecule has 1 aromatic carbocycles. The maximum absolute atomic E-state index is 12.1. The molecule has 1 N–H and O–H groups in total. The van der Waals surface area contributed by atoms with Crippen molar-refractivity contribution in [1.29, 1.82) is 0 Å². The lowest BCUT2D eigenvalue weighted by Crippen LogP contribution is -2.13. The summed E-state index contributed by atoms with van der Waals surface area (Å²) >= 11 is 0. The second kappa shape index (κ2) is 9.41. The molecule has 130 valence electrons. The summed E-state index contributed by atoms with van der Waals surface area (Å²) in [6.07, 6.45) is 10.9. The highest BCUT2D eigenvalue weighted by Gasteiger charge is 2.32. The first-order valence-electron chi connectivity index (χ1n) is 9.05. The molecule has 1 fully saturated rings. The summed E-state index contributed by atoms with van der Waals surface area (Å²) in [5.41, 5.74) is 2.44. The second-order valence-electron chi connectivity index (χ2n) is 6.89. The summed E-state index contributed by atoms with van der Waals surface area (Å²) < 4.78 is 0. The highest BCUT2D eigenvalue weighted by Crippen LogP contribution is 2.34. The van der Waals surface area contributed by atoms with Crippen molar-refractivity contribution in [2.45, 2.75) is 58.3 Å². The van der Waals surface area contributed by atoms with E-state index in [0.717, 1.165) is 38.5 Å². The number of benzene rings is 1. The number of carboxylic acids is 1. The Morgan fingerprint density at radius 1 is 1.17 bits per heavy atom. The van der Waals surface area contributed by atoms with Crippen LogP contribution in [0.4, 0.5) is 0 Å². The lowest BCUT2D eigenvalue weighted by Gasteiger charge is -2.14. The van der Waals surface area contributed by atoms with Crippen molar-refractivity contribution in [3.8, 4) is 0 Å². The Balaban J connectivity index is 1.78. The zero-order valence-corrected chi connectivity index (χ0v) is 14.5. The largest absolute Gasteiger partial charge is 0.481 e. The minimum Gasteiger partial charge on any atom is -0.481 e. The van der Waals surface area contributed by atoms with Gasteiger partial charge in [-0.1, -0.05) is 61.2 Å². The smallest absolute Gasteiger partial charge is 0.303 e. The molecule has 2 rings (SSSR count). The molecular formula is C21H28O3. The van der Waals surface area contributed by atoms with Crippen molar-refractivity contribution in [2.24, 2.45) is 11.8 Å². The summed E-state index contributed by atoms with van der Waals surface area (Å²) in [6.45, 7) is 2.08. The summed E-state index contributed by atoms with van der Waals surface area (Å²) in [4.78, 5) is 22.6. The van der Waals surface area contributed by atoms with Gasteiger partial charge in [-0.05, 0) is 37.7 Å². The minimum atomic E-state index is -0.720. The van der Waals surface area contributed by atoms with Crippen LogP contribution in [0.1, 0.15) is 62.5 Å². The van der Waals surface area contributed by atoms with E-state index in [9.17, 15) is 9.59 Å². The molecule has 1 aromatic rings. The molecule has 0 unspecified atom stereocenters. The number of carbonyl (C=O) groups excluding carboxylic acids is 1. The normalized spacial score (nSPS) is 20.8. The number of carboxylic acid groups (broad SMARTS) is 1. The van der Waals surface area contributed by atoms with E-state index in [1.807, 2.05) is 0 Å². The SMILES string of the molecule is Cc1ccc(C=C[C@@H]2CCC(=O)[C@H]2CCCCCCC(=O)O)cc1. The number of ketones is 1. The molecule has 1 saturated carbocycles. The van der Waals surface area contributed by atoms with Crippen LogP contribution < -0.4 is 0 Å². The standard InChI is InChI=1S/C21H28O3/c1-16-8-10-17(11-9-16)12-13-18-14-15-20(22)19(18)6-4-2-3-5-7-21(23)24/h8-13,18-19H,2-7,14-15H2,1H3,(H,23,24)/t18-,19+/m1/s1. The molecule has 24 heavy (non-hydrogen) atoms. The lowest BCUT2D eigenvalue weighted by molar-refractivity contribution is -0.137. The molecule has 1 aliphatic rings. The van der Waals surface area contributed by atoms with Crippen LogP contribution in [0, 0.1) is 18.8 Å². The van der Waals surface area contributed by atoms with Gasteiger partial charge in [-0.3, -0.25) is 9.59 Å². The van der Waals surface area contributed by atoms with Gasteiger partial charge in [0.25, 0.3) is 0 Å². The molecule has 0 aromatic heterocycles. The van der Waals surface area contributed by atoms with Gasteiger partial charge in [-0.25, -0.2) is 0 Å². The fourth-order valence-corrected chi connectivity index (χ4v) is 3.45. The Kier molecular flexibility index (Phi) is 7.23. The molecule has 0 saturated heterocycles. The fourth-order valence-electron chi connectivity index (χ4n) is 3.45. The maximum atomic E-state index is 12.1. The quantitative estimate of drug-likeness (QED) is 0.647. The third kappa shape index (κ3) is 5.95. The molecule has 1 aliphatic carbocycles. The van der Waals surface area contributed by atoms with E-state index in [1.54, 1.807) is 0 Å². The number of carbonyl (C=O) groups is 2. The number of Topliss-reactive ketones (excluding diaryl/α,β-unsaturated/α-hetero) is 1. The van der Waals surface area contributed by atoms with Crippen LogP contribution in [0.5, 0.6) is 0 Å². The zero-order valence-electron chi connectivity index (χ0n) is 14.5. The predicted octanol–water partition coefficient (Wildman–Crippen LogP) is 5.03. The molecular weight excluding hydrogens is 300 g/mol. The Morgan fingerprint density at radius 2 is 1.88 bits per heavy atom. The molecule has 0 aliphatic heterocycles. The third-order valence-corrected chi connectivity index (χ3v) is 4.92. The first-order chi connectivity index (χ1) is 11.6. The van der Waals surface area contributed by atoms with Gasteiger partial charge in [0.1, 0.15) is 5.78 Å². The summed E-state index contributed by atoms with van der Waals surface area (Å²) in [5, 5.41) is 8.63. The summed E-state index contributed by atoms with van der Waals surface area (Å²) in [7, 11) is 0. The van der Waals surface area contributed by atoms with E-state index in [0.29, 0.717) is 18.1 Å². The maximum Gasteiger partial charge on any atom is 0.303 e. The van der Waals surface area contributed by atoms with Crippen molar-refractivity contribution < 1.29 is 14.7 Å². The van der Waals surface area contributed by atoms with Gasteiger partial charge in [0.15, 0.2) is 0 Å². The summed E-state index contributed by atoms with van der Waals surface area (Å²) in [5.74, 6) is 0.199. The van der Waals surface area contributed by atoms with Gasteiger partial charge in [0.2, 0.25) is 0 Å². The van der Waals surface area contributed by atoms with Crippen LogP contribution in [0.2, 0.25) is 0 Å². The number of hydrogen-bond acceptors (Lipinski definition) is 2. The lowest BCUT2D eigenvalue weighted by atomic mass is 9.89. The highest BCUT2D eigenvalue weighted by atomic mass is 16.4. The van der Waals surface area contributed by atoms with Crippen LogP contribution >= 0.6 is 0 Å². The van der Waals surface area contributed by atoms with Gasteiger partial charge in [-0.2, -0.15) is 0 Å². The van der Waals surface area contributed by atoms with Crippen molar-refractivity contribution in [3.05, 3.63) is 41.5 Å². The monoisotopic (exact) mass is 328 g/mol.